The summed E-state index contributed by atoms with van der Waals surface area (Å²) < 4.78 is 40.5. The van der Waals surface area contributed by atoms with Crippen molar-refractivity contribution in [2.75, 3.05) is 23.7 Å². The van der Waals surface area contributed by atoms with E-state index >= 15 is 0 Å². The lowest BCUT2D eigenvalue weighted by Crippen LogP contribution is -2.53. The van der Waals surface area contributed by atoms with Crippen LogP contribution in [0.4, 0.5) is 10.1 Å². The molecule has 0 saturated heterocycles. The normalized spacial score (nSPS) is 12.0. The van der Waals surface area contributed by atoms with Gasteiger partial charge in [0.1, 0.15) is 18.4 Å². The molecule has 9 heteroatoms. The average Bonchev–Trinajstić information content (AvgIpc) is 2.90. The quantitative estimate of drug-likeness (QED) is 0.378. The molecule has 3 aromatic carbocycles. The fraction of sp³-hybridized carbons (Fsp3) is 0.310. The van der Waals surface area contributed by atoms with Crippen molar-refractivity contribution in [2.24, 2.45) is 0 Å². The fourth-order valence-corrected chi connectivity index (χ4v) is 5.16. The number of carbonyl (C=O) groups excluding carboxylic acids is 2. The zero-order valence-electron chi connectivity index (χ0n) is 21.9. The highest BCUT2D eigenvalue weighted by molar-refractivity contribution is 7.92. The van der Waals surface area contributed by atoms with E-state index in [2.05, 4.69) is 5.32 Å². The molecule has 1 N–H and O–H groups in total. The molecule has 202 valence electrons. The third-order valence-corrected chi connectivity index (χ3v) is 7.34. The van der Waals surface area contributed by atoms with Gasteiger partial charge in [0.25, 0.3) is 0 Å². The predicted molar refractivity (Wildman–Crippen MR) is 148 cm³/mol. The molecular weight excluding hydrogens is 505 g/mol. The lowest BCUT2D eigenvalue weighted by Gasteiger charge is -2.33. The maximum atomic E-state index is 14.0. The van der Waals surface area contributed by atoms with Gasteiger partial charge in [-0.2, -0.15) is 0 Å². The minimum absolute atomic E-state index is 0.000768. The Bertz CT molecular complexity index is 1330. The Morgan fingerprint density at radius 2 is 1.53 bits per heavy atom. The predicted octanol–water partition coefficient (Wildman–Crippen LogP) is 3.93. The fourth-order valence-electron chi connectivity index (χ4n) is 4.28. The number of halogens is 1. The van der Waals surface area contributed by atoms with Gasteiger partial charge in [-0.25, -0.2) is 12.8 Å². The molecule has 3 aromatic rings. The number of nitrogens with one attached hydrogen (secondary N) is 1. The zero-order valence-corrected chi connectivity index (χ0v) is 22.7. The zero-order chi connectivity index (χ0) is 27.7. The van der Waals surface area contributed by atoms with Crippen LogP contribution in [0, 0.1) is 5.82 Å². The molecule has 3 rings (SSSR count). The Balaban J connectivity index is 2.05. The number of amides is 2. The number of rotatable bonds is 12. The number of benzene rings is 3. The van der Waals surface area contributed by atoms with Gasteiger partial charge >= 0.3 is 0 Å². The maximum absolute atomic E-state index is 14.0. The molecule has 0 radical (unpaired) electrons. The van der Waals surface area contributed by atoms with Gasteiger partial charge in [0.15, 0.2) is 0 Å². The number of likely N-dealkylation sites (N-methyl/N-ethyl adjacent to an activating group) is 1. The molecule has 2 amide bonds. The summed E-state index contributed by atoms with van der Waals surface area (Å²) in [5, 5.41) is 2.80. The summed E-state index contributed by atoms with van der Waals surface area (Å²) in [6, 6.07) is 21.1. The first-order valence-corrected chi connectivity index (χ1v) is 14.4. The highest BCUT2D eigenvalue weighted by atomic mass is 32.2. The molecular formula is C29H34FN3O4S. The van der Waals surface area contributed by atoms with Crippen molar-refractivity contribution in [1.82, 2.24) is 10.2 Å². The first-order valence-electron chi connectivity index (χ1n) is 12.5. The van der Waals surface area contributed by atoms with Crippen LogP contribution < -0.4 is 9.62 Å². The molecule has 0 saturated carbocycles. The number of hydrogen-bond donors (Lipinski definition) is 1. The van der Waals surface area contributed by atoms with Crippen LogP contribution in [0.25, 0.3) is 0 Å². The summed E-state index contributed by atoms with van der Waals surface area (Å²) >= 11 is 0. The van der Waals surface area contributed by atoms with Gasteiger partial charge in [0, 0.05) is 19.5 Å². The second-order valence-electron chi connectivity index (χ2n) is 9.00. The molecule has 38 heavy (non-hydrogen) atoms. The molecule has 7 nitrogen and oxygen atoms in total. The molecule has 0 fully saturated rings. The molecule has 0 heterocycles. The van der Waals surface area contributed by atoms with Gasteiger partial charge in [-0.1, -0.05) is 67.6 Å². The van der Waals surface area contributed by atoms with Crippen LogP contribution >= 0.6 is 0 Å². The maximum Gasteiger partial charge on any atom is 0.244 e. The molecule has 1 atom stereocenters. The SMILES string of the molecule is CCNC(=O)[C@H](Cc1ccccc1)N(Cc1ccc(F)cc1)C(=O)CN(c1ccccc1CC)S(C)(=O)=O. The van der Waals surface area contributed by atoms with Crippen LogP contribution in [0.1, 0.15) is 30.5 Å². The third-order valence-electron chi connectivity index (χ3n) is 6.21. The Morgan fingerprint density at radius 1 is 0.895 bits per heavy atom. The van der Waals surface area contributed by atoms with Crippen molar-refractivity contribution < 1.29 is 22.4 Å². The first-order chi connectivity index (χ1) is 18.1. The summed E-state index contributed by atoms with van der Waals surface area (Å²) in [7, 11) is -3.84. The number of carbonyl (C=O) groups is 2. The van der Waals surface area contributed by atoms with E-state index in [1.165, 1.54) is 17.0 Å². The largest absolute Gasteiger partial charge is 0.355 e. The third kappa shape index (κ3) is 7.64. The standard InChI is InChI=1S/C29H34FN3O4S/c1-4-24-13-9-10-14-26(24)33(38(3,36)37)21-28(34)32(20-23-15-17-25(30)18-16-23)27(29(35)31-5-2)19-22-11-7-6-8-12-22/h6-18,27H,4-5,19-21H2,1-3H3,(H,31,35)/t27-/m0/s1. The molecule has 0 bridgehead atoms. The topological polar surface area (TPSA) is 86.8 Å². The van der Waals surface area contributed by atoms with Crippen LogP contribution in [0.15, 0.2) is 78.9 Å². The van der Waals surface area contributed by atoms with Gasteiger partial charge in [0.05, 0.1) is 11.9 Å². The summed E-state index contributed by atoms with van der Waals surface area (Å²) in [5.41, 5.74) is 2.66. The van der Waals surface area contributed by atoms with E-state index in [-0.39, 0.29) is 18.9 Å². The van der Waals surface area contributed by atoms with Gasteiger partial charge in [-0.15, -0.1) is 0 Å². The second kappa shape index (κ2) is 13.2. The van der Waals surface area contributed by atoms with Crippen LogP contribution in [0.2, 0.25) is 0 Å². The minimum atomic E-state index is -3.84. The highest BCUT2D eigenvalue weighted by Gasteiger charge is 2.33. The minimum Gasteiger partial charge on any atom is -0.355 e. The smallest absolute Gasteiger partial charge is 0.244 e. The van der Waals surface area contributed by atoms with Crippen molar-refractivity contribution in [2.45, 2.75) is 39.3 Å². The number of aryl methyl sites for hydroxylation is 1. The molecule has 0 unspecified atom stereocenters. The summed E-state index contributed by atoms with van der Waals surface area (Å²) in [6.07, 6.45) is 1.86. The molecule has 0 aromatic heterocycles. The van der Waals surface area contributed by atoms with Crippen LogP contribution in [-0.4, -0.2) is 50.5 Å². The van der Waals surface area contributed by atoms with Crippen molar-refractivity contribution in [3.63, 3.8) is 0 Å². The Morgan fingerprint density at radius 3 is 2.13 bits per heavy atom. The lowest BCUT2D eigenvalue weighted by molar-refractivity contribution is -0.140. The molecule has 0 aliphatic heterocycles. The first kappa shape index (κ1) is 28.8. The summed E-state index contributed by atoms with van der Waals surface area (Å²) in [5.74, 6) is -1.32. The van der Waals surface area contributed by atoms with Crippen molar-refractivity contribution >= 4 is 27.5 Å². The molecule has 0 aliphatic carbocycles. The number of sulfonamides is 1. The van der Waals surface area contributed by atoms with Crippen LogP contribution in [0.5, 0.6) is 0 Å². The summed E-state index contributed by atoms with van der Waals surface area (Å²) in [6.45, 7) is 3.58. The van der Waals surface area contributed by atoms with Gasteiger partial charge < -0.3 is 10.2 Å². The van der Waals surface area contributed by atoms with E-state index in [9.17, 15) is 22.4 Å². The van der Waals surface area contributed by atoms with E-state index in [0.717, 1.165) is 21.7 Å². The average molecular weight is 540 g/mol. The Hall–Kier alpha value is -3.72. The summed E-state index contributed by atoms with van der Waals surface area (Å²) in [4.78, 5) is 28.6. The highest BCUT2D eigenvalue weighted by Crippen LogP contribution is 2.24. The lowest BCUT2D eigenvalue weighted by atomic mass is 10.0. The Labute approximate surface area is 224 Å². The van der Waals surface area contributed by atoms with Crippen molar-refractivity contribution in [1.29, 1.82) is 0 Å². The number of anilines is 1. The van der Waals surface area contributed by atoms with Gasteiger partial charge in [-0.3, -0.25) is 13.9 Å². The second-order valence-corrected chi connectivity index (χ2v) is 10.9. The Kier molecular flexibility index (Phi) is 10.0. The van der Waals surface area contributed by atoms with E-state index < -0.39 is 34.3 Å². The van der Waals surface area contributed by atoms with Crippen LogP contribution in [-0.2, 0) is 39.0 Å². The molecule has 0 aliphatic rings. The van der Waals surface area contributed by atoms with Gasteiger partial charge in [0.2, 0.25) is 21.8 Å². The van der Waals surface area contributed by atoms with E-state index in [0.29, 0.717) is 24.2 Å². The molecule has 0 spiro atoms. The number of para-hydroxylation sites is 1. The van der Waals surface area contributed by atoms with Crippen LogP contribution in [0.3, 0.4) is 0 Å². The monoisotopic (exact) mass is 539 g/mol. The number of hydrogen-bond acceptors (Lipinski definition) is 4. The van der Waals surface area contributed by atoms with E-state index in [1.807, 2.05) is 49.4 Å². The van der Waals surface area contributed by atoms with Crippen molar-refractivity contribution in [3.05, 3.63) is 101 Å². The van der Waals surface area contributed by atoms with E-state index in [4.69, 9.17) is 0 Å². The van der Waals surface area contributed by atoms with E-state index in [1.54, 1.807) is 31.2 Å². The van der Waals surface area contributed by atoms with Crippen molar-refractivity contribution in [3.8, 4) is 0 Å². The number of nitrogens with zero attached hydrogens (tertiary/aromatic N) is 2. The van der Waals surface area contributed by atoms with Gasteiger partial charge in [-0.05, 0) is 48.2 Å².